The van der Waals surface area contributed by atoms with E-state index in [0.717, 1.165) is 11.0 Å². The number of ether oxygens (including phenoxy) is 1. The number of aryl methyl sites for hydroxylation is 1. The van der Waals surface area contributed by atoms with Crippen LogP contribution in [0, 0.1) is 0 Å². The van der Waals surface area contributed by atoms with Crippen molar-refractivity contribution in [3.05, 3.63) is 58.9 Å². The van der Waals surface area contributed by atoms with Crippen LogP contribution in [0.2, 0.25) is 5.02 Å². The third-order valence-electron chi connectivity index (χ3n) is 4.11. The summed E-state index contributed by atoms with van der Waals surface area (Å²) >= 11 is 6.07. The first-order valence-electron chi connectivity index (χ1n) is 8.19. The van der Waals surface area contributed by atoms with Gasteiger partial charge in [0.15, 0.2) is 0 Å². The van der Waals surface area contributed by atoms with Crippen molar-refractivity contribution in [3.63, 3.8) is 0 Å². The van der Waals surface area contributed by atoms with Gasteiger partial charge >= 0.3 is 5.97 Å². The number of imidazole rings is 1. The maximum absolute atomic E-state index is 12.6. The Kier molecular flexibility index (Phi) is 5.50. The maximum Gasteiger partial charge on any atom is 0.337 e. The van der Waals surface area contributed by atoms with Gasteiger partial charge in [0.05, 0.1) is 35.3 Å². The van der Waals surface area contributed by atoms with Crippen LogP contribution < -0.4 is 4.72 Å². The highest BCUT2D eigenvalue weighted by Crippen LogP contribution is 2.23. The fraction of sp³-hybridized carbons (Fsp3) is 0.222. The van der Waals surface area contributed by atoms with E-state index in [4.69, 9.17) is 11.6 Å². The van der Waals surface area contributed by atoms with Crippen LogP contribution in [0.3, 0.4) is 0 Å². The molecule has 0 unspecified atom stereocenters. The van der Waals surface area contributed by atoms with Crippen LogP contribution in [0.5, 0.6) is 0 Å². The molecule has 0 aliphatic carbocycles. The first-order chi connectivity index (χ1) is 12.9. The molecule has 3 aromatic rings. The molecule has 0 bridgehead atoms. The summed E-state index contributed by atoms with van der Waals surface area (Å²) in [5, 5.41) is -0.0607. The summed E-state index contributed by atoms with van der Waals surface area (Å²) in [5.41, 5.74) is 1.91. The summed E-state index contributed by atoms with van der Waals surface area (Å²) in [6, 6.07) is 11.5. The molecule has 0 amide bonds. The van der Waals surface area contributed by atoms with Gasteiger partial charge in [-0.2, -0.15) is 0 Å². The van der Waals surface area contributed by atoms with E-state index < -0.39 is 16.0 Å². The van der Waals surface area contributed by atoms with Crippen LogP contribution in [0.1, 0.15) is 23.1 Å². The van der Waals surface area contributed by atoms with Gasteiger partial charge in [-0.25, -0.2) is 22.9 Å². The third-order valence-corrected chi connectivity index (χ3v) is 6.00. The molecule has 0 spiro atoms. The van der Waals surface area contributed by atoms with Crippen molar-refractivity contribution in [2.75, 3.05) is 7.11 Å². The van der Waals surface area contributed by atoms with Crippen LogP contribution in [-0.2, 0) is 27.8 Å². The summed E-state index contributed by atoms with van der Waals surface area (Å²) < 4.78 is 34.4. The Morgan fingerprint density at radius 2 is 2.00 bits per heavy atom. The number of methoxy groups -OCH3 is 1. The van der Waals surface area contributed by atoms with Crippen molar-refractivity contribution >= 4 is 38.6 Å². The fourth-order valence-electron chi connectivity index (χ4n) is 2.81. The predicted molar refractivity (Wildman–Crippen MR) is 102 cm³/mol. The molecule has 0 aliphatic heterocycles. The highest BCUT2D eigenvalue weighted by molar-refractivity contribution is 7.89. The number of hydrogen-bond acceptors (Lipinski definition) is 5. The number of fused-ring (bicyclic) bond motifs is 1. The molecule has 0 fully saturated rings. The van der Waals surface area contributed by atoms with Crippen molar-refractivity contribution in [3.8, 4) is 0 Å². The molecule has 142 valence electrons. The SMILES string of the molecule is CCn1c(CNS(=O)(=O)c2ccc(C(=O)OC)cc2Cl)nc2ccccc21. The van der Waals surface area contributed by atoms with Crippen LogP contribution in [0.4, 0.5) is 0 Å². The number of aromatic nitrogens is 2. The largest absolute Gasteiger partial charge is 0.465 e. The van der Waals surface area contributed by atoms with Gasteiger partial charge in [0.1, 0.15) is 10.7 Å². The lowest BCUT2D eigenvalue weighted by atomic mass is 10.2. The Morgan fingerprint density at radius 3 is 2.67 bits per heavy atom. The minimum absolute atomic E-state index is 0.0138. The molecule has 0 atom stereocenters. The number of halogens is 1. The van der Waals surface area contributed by atoms with Crippen LogP contribution in [0.15, 0.2) is 47.4 Å². The molecular weight excluding hydrogens is 390 g/mol. The molecule has 3 rings (SSSR count). The first-order valence-corrected chi connectivity index (χ1v) is 10.0. The monoisotopic (exact) mass is 407 g/mol. The molecule has 1 heterocycles. The van der Waals surface area contributed by atoms with E-state index in [1.165, 1.54) is 25.3 Å². The molecule has 0 saturated carbocycles. The molecule has 9 heteroatoms. The zero-order valence-corrected chi connectivity index (χ0v) is 16.3. The molecule has 7 nitrogen and oxygen atoms in total. The maximum atomic E-state index is 12.6. The van der Waals surface area contributed by atoms with E-state index in [1.54, 1.807) is 0 Å². The molecule has 0 saturated heterocycles. The predicted octanol–water partition coefficient (Wildman–Crippen LogP) is 2.97. The fourth-order valence-corrected chi connectivity index (χ4v) is 4.34. The number of para-hydroxylation sites is 2. The van der Waals surface area contributed by atoms with E-state index in [0.29, 0.717) is 12.4 Å². The summed E-state index contributed by atoms with van der Waals surface area (Å²) in [6.07, 6.45) is 0. The zero-order chi connectivity index (χ0) is 19.6. The number of benzene rings is 2. The Bertz CT molecular complexity index is 1110. The quantitative estimate of drug-likeness (QED) is 0.634. The second-order valence-corrected chi connectivity index (χ2v) is 7.86. The Morgan fingerprint density at radius 1 is 1.26 bits per heavy atom. The number of nitrogens with one attached hydrogen (secondary N) is 1. The molecule has 1 N–H and O–H groups in total. The minimum Gasteiger partial charge on any atom is -0.465 e. The second-order valence-electron chi connectivity index (χ2n) is 5.72. The van der Waals surface area contributed by atoms with Gasteiger partial charge in [-0.05, 0) is 37.3 Å². The van der Waals surface area contributed by atoms with Crippen molar-refractivity contribution in [2.24, 2.45) is 0 Å². The number of carbonyl (C=O) groups is 1. The zero-order valence-electron chi connectivity index (χ0n) is 14.8. The Balaban J connectivity index is 1.87. The van der Waals surface area contributed by atoms with Crippen LogP contribution in [-0.4, -0.2) is 31.0 Å². The smallest absolute Gasteiger partial charge is 0.337 e. The van der Waals surface area contributed by atoms with Crippen molar-refractivity contribution in [1.29, 1.82) is 0 Å². The van der Waals surface area contributed by atoms with Crippen molar-refractivity contribution in [2.45, 2.75) is 24.9 Å². The topological polar surface area (TPSA) is 90.3 Å². The van der Waals surface area contributed by atoms with E-state index in [9.17, 15) is 13.2 Å². The lowest BCUT2D eigenvalue weighted by molar-refractivity contribution is 0.0600. The standard InChI is InChI=1S/C18H18ClN3O4S/c1-3-22-15-7-5-4-6-14(15)21-17(22)11-20-27(24,25)16-9-8-12(10-13(16)19)18(23)26-2/h4-10,20H,3,11H2,1-2H3. The summed E-state index contributed by atoms with van der Waals surface area (Å²) in [5.74, 6) is 0.00930. The molecule has 27 heavy (non-hydrogen) atoms. The summed E-state index contributed by atoms with van der Waals surface area (Å²) in [4.78, 5) is 15.9. The highest BCUT2D eigenvalue weighted by atomic mass is 35.5. The molecule has 2 aromatic carbocycles. The average molecular weight is 408 g/mol. The molecule has 0 aliphatic rings. The van der Waals surface area contributed by atoms with E-state index in [1.807, 2.05) is 35.8 Å². The lowest BCUT2D eigenvalue weighted by Gasteiger charge is -2.10. The van der Waals surface area contributed by atoms with E-state index in [-0.39, 0.29) is 22.0 Å². The normalized spacial score (nSPS) is 11.7. The van der Waals surface area contributed by atoms with Gasteiger partial charge in [0.2, 0.25) is 10.0 Å². The average Bonchev–Trinajstić information content (AvgIpc) is 3.03. The number of carbonyl (C=O) groups excluding carboxylic acids is 1. The van der Waals surface area contributed by atoms with Gasteiger partial charge in [-0.15, -0.1) is 0 Å². The number of rotatable bonds is 6. The number of sulfonamides is 1. The summed E-state index contributed by atoms with van der Waals surface area (Å²) in [7, 11) is -2.65. The van der Waals surface area contributed by atoms with Gasteiger partial charge in [-0.3, -0.25) is 0 Å². The lowest BCUT2D eigenvalue weighted by Crippen LogP contribution is -2.25. The molecular formula is C18H18ClN3O4S. The van der Waals surface area contributed by atoms with Gasteiger partial charge < -0.3 is 9.30 Å². The van der Waals surface area contributed by atoms with Crippen LogP contribution >= 0.6 is 11.6 Å². The van der Waals surface area contributed by atoms with Gasteiger partial charge in [0, 0.05) is 6.54 Å². The number of hydrogen-bond donors (Lipinski definition) is 1. The second kappa shape index (κ2) is 7.67. The number of esters is 1. The molecule has 0 radical (unpaired) electrons. The third kappa shape index (κ3) is 3.83. The van der Waals surface area contributed by atoms with Gasteiger partial charge in [-0.1, -0.05) is 23.7 Å². The Hall–Kier alpha value is -2.42. The first kappa shape index (κ1) is 19.3. The highest BCUT2D eigenvalue weighted by Gasteiger charge is 2.21. The van der Waals surface area contributed by atoms with Gasteiger partial charge in [0.25, 0.3) is 0 Å². The van der Waals surface area contributed by atoms with E-state index in [2.05, 4.69) is 14.4 Å². The van der Waals surface area contributed by atoms with Crippen molar-refractivity contribution < 1.29 is 17.9 Å². The van der Waals surface area contributed by atoms with E-state index >= 15 is 0 Å². The minimum atomic E-state index is -3.89. The molecule has 1 aromatic heterocycles. The Labute approximate surface area is 162 Å². The number of nitrogens with zero attached hydrogens (tertiary/aromatic N) is 2. The van der Waals surface area contributed by atoms with Crippen LogP contribution in [0.25, 0.3) is 11.0 Å². The summed E-state index contributed by atoms with van der Waals surface area (Å²) in [6.45, 7) is 2.64. The van der Waals surface area contributed by atoms with Crippen molar-refractivity contribution in [1.82, 2.24) is 14.3 Å².